The maximum absolute atomic E-state index is 13.2. The molecule has 3 nitrogen and oxygen atoms in total. The molecule has 1 saturated carbocycles. The summed E-state index contributed by atoms with van der Waals surface area (Å²) in [4.78, 5) is -0.505. The summed E-state index contributed by atoms with van der Waals surface area (Å²) >= 11 is 0. The predicted molar refractivity (Wildman–Crippen MR) is 54.3 cm³/mol. The molecule has 1 aromatic rings. The average Bonchev–Trinajstić information content (AvgIpc) is 2.97. The van der Waals surface area contributed by atoms with Gasteiger partial charge in [0.05, 0.1) is 0 Å². The quantitative estimate of drug-likeness (QED) is 0.879. The monoisotopic (exact) mass is 247 g/mol. The van der Waals surface area contributed by atoms with Crippen LogP contribution in [0.15, 0.2) is 23.1 Å². The fraction of sp³-hybridized carbons (Fsp3) is 0.400. The molecule has 1 fully saturated rings. The Morgan fingerprint density at radius 2 is 2.00 bits per heavy atom. The molecular formula is C10H11F2NO2S. The van der Waals surface area contributed by atoms with Crippen LogP contribution in [0.5, 0.6) is 0 Å². The molecule has 0 spiro atoms. The van der Waals surface area contributed by atoms with Crippen LogP contribution in [0.25, 0.3) is 0 Å². The summed E-state index contributed by atoms with van der Waals surface area (Å²) in [7, 11) is -3.85. The third kappa shape index (κ3) is 2.56. The summed E-state index contributed by atoms with van der Waals surface area (Å²) in [6.45, 7) is 0.319. The van der Waals surface area contributed by atoms with Crippen molar-refractivity contribution in [3.63, 3.8) is 0 Å². The van der Waals surface area contributed by atoms with Crippen molar-refractivity contribution in [1.29, 1.82) is 0 Å². The van der Waals surface area contributed by atoms with Crippen LogP contribution in [0.1, 0.15) is 12.8 Å². The van der Waals surface area contributed by atoms with E-state index in [9.17, 15) is 17.2 Å². The van der Waals surface area contributed by atoms with Crippen LogP contribution in [0.3, 0.4) is 0 Å². The SMILES string of the molecule is O=S(=O)(NCC1CC1)c1ccc(F)cc1F. The van der Waals surface area contributed by atoms with Crippen molar-refractivity contribution in [2.45, 2.75) is 17.7 Å². The van der Waals surface area contributed by atoms with E-state index in [1.165, 1.54) is 0 Å². The molecule has 1 N–H and O–H groups in total. The van der Waals surface area contributed by atoms with Crippen LogP contribution >= 0.6 is 0 Å². The second-order valence-electron chi connectivity index (χ2n) is 3.87. The lowest BCUT2D eigenvalue weighted by atomic mass is 10.3. The van der Waals surface area contributed by atoms with E-state index in [1.807, 2.05) is 0 Å². The Morgan fingerprint density at radius 3 is 2.56 bits per heavy atom. The van der Waals surface area contributed by atoms with Crippen LogP contribution in [0.4, 0.5) is 8.78 Å². The first-order valence-electron chi connectivity index (χ1n) is 4.94. The molecule has 0 saturated heterocycles. The molecule has 88 valence electrons. The van der Waals surface area contributed by atoms with Gasteiger partial charge >= 0.3 is 0 Å². The van der Waals surface area contributed by atoms with Gasteiger partial charge in [0.2, 0.25) is 10.0 Å². The zero-order chi connectivity index (χ0) is 11.8. The van der Waals surface area contributed by atoms with Gasteiger partial charge in [0.15, 0.2) is 0 Å². The number of sulfonamides is 1. The number of hydrogen-bond acceptors (Lipinski definition) is 2. The standard InChI is InChI=1S/C10H11F2NO2S/c11-8-3-4-10(9(12)5-8)16(14,15)13-6-7-1-2-7/h3-5,7,13H,1-2,6H2. The molecule has 1 aliphatic carbocycles. The minimum atomic E-state index is -3.85. The number of hydrogen-bond donors (Lipinski definition) is 1. The first-order valence-corrected chi connectivity index (χ1v) is 6.42. The Hall–Kier alpha value is -1.01. The van der Waals surface area contributed by atoms with Crippen LogP contribution in [-0.4, -0.2) is 15.0 Å². The highest BCUT2D eigenvalue weighted by atomic mass is 32.2. The van der Waals surface area contributed by atoms with Crippen molar-refractivity contribution in [3.05, 3.63) is 29.8 Å². The van der Waals surface area contributed by atoms with Crippen molar-refractivity contribution in [2.24, 2.45) is 5.92 Å². The summed E-state index contributed by atoms with van der Waals surface area (Å²) < 4.78 is 51.4. The molecule has 1 aliphatic rings. The number of halogens is 2. The topological polar surface area (TPSA) is 46.2 Å². The molecular weight excluding hydrogens is 236 g/mol. The summed E-state index contributed by atoms with van der Waals surface area (Å²) in [5.41, 5.74) is 0. The number of rotatable bonds is 4. The molecule has 16 heavy (non-hydrogen) atoms. The smallest absolute Gasteiger partial charge is 0.211 e. The maximum atomic E-state index is 13.2. The van der Waals surface area contributed by atoms with E-state index in [-0.39, 0.29) is 0 Å². The van der Waals surface area contributed by atoms with E-state index in [0.717, 1.165) is 25.0 Å². The lowest BCUT2D eigenvalue weighted by Crippen LogP contribution is -2.26. The molecule has 6 heteroatoms. The van der Waals surface area contributed by atoms with Gasteiger partial charge < -0.3 is 0 Å². The first kappa shape index (κ1) is 11.5. The summed E-state index contributed by atoms with van der Waals surface area (Å²) in [6, 6.07) is 2.42. The third-order valence-electron chi connectivity index (χ3n) is 2.44. The lowest BCUT2D eigenvalue weighted by Gasteiger charge is -2.06. The molecule has 0 radical (unpaired) electrons. The van der Waals surface area contributed by atoms with Crippen molar-refractivity contribution in [1.82, 2.24) is 4.72 Å². The Bertz CT molecular complexity index is 498. The van der Waals surface area contributed by atoms with Gasteiger partial charge in [0.1, 0.15) is 16.5 Å². The summed E-state index contributed by atoms with van der Waals surface area (Å²) in [5.74, 6) is -1.50. The van der Waals surface area contributed by atoms with Gasteiger partial charge in [-0.3, -0.25) is 0 Å². The number of benzene rings is 1. The molecule has 0 unspecified atom stereocenters. The molecule has 0 bridgehead atoms. The maximum Gasteiger partial charge on any atom is 0.243 e. The molecule has 1 aromatic carbocycles. The molecule has 0 atom stereocenters. The fourth-order valence-electron chi connectivity index (χ4n) is 1.32. The van der Waals surface area contributed by atoms with Crippen molar-refractivity contribution in [2.75, 3.05) is 6.54 Å². The van der Waals surface area contributed by atoms with Gasteiger partial charge in [0, 0.05) is 12.6 Å². The lowest BCUT2D eigenvalue weighted by molar-refractivity contribution is 0.541. The van der Waals surface area contributed by atoms with Gasteiger partial charge in [0.25, 0.3) is 0 Å². The van der Waals surface area contributed by atoms with Gasteiger partial charge in [-0.05, 0) is 30.9 Å². The summed E-state index contributed by atoms with van der Waals surface area (Å²) in [6.07, 6.45) is 1.99. The molecule has 0 amide bonds. The van der Waals surface area contributed by atoms with Crippen molar-refractivity contribution >= 4 is 10.0 Å². The minimum Gasteiger partial charge on any atom is -0.211 e. The van der Waals surface area contributed by atoms with Gasteiger partial charge in [-0.15, -0.1) is 0 Å². The first-order chi connectivity index (χ1) is 7.49. The van der Waals surface area contributed by atoms with Crippen LogP contribution < -0.4 is 4.72 Å². The Kier molecular flexibility index (Phi) is 2.94. The fourth-order valence-corrected chi connectivity index (χ4v) is 2.49. The summed E-state index contributed by atoms with van der Waals surface area (Å²) in [5, 5.41) is 0. The van der Waals surface area contributed by atoms with E-state index < -0.39 is 26.6 Å². The van der Waals surface area contributed by atoms with Crippen LogP contribution in [-0.2, 0) is 10.0 Å². The van der Waals surface area contributed by atoms with E-state index in [1.54, 1.807) is 0 Å². The largest absolute Gasteiger partial charge is 0.243 e. The van der Waals surface area contributed by atoms with E-state index >= 15 is 0 Å². The second kappa shape index (κ2) is 4.10. The van der Waals surface area contributed by atoms with Gasteiger partial charge in [-0.2, -0.15) is 0 Å². The molecule has 2 rings (SSSR count). The van der Waals surface area contributed by atoms with E-state index in [2.05, 4.69) is 4.72 Å². The highest BCUT2D eigenvalue weighted by Crippen LogP contribution is 2.28. The Labute approximate surface area is 92.5 Å². The highest BCUT2D eigenvalue weighted by Gasteiger charge is 2.25. The Balaban J connectivity index is 2.20. The van der Waals surface area contributed by atoms with Crippen molar-refractivity contribution in [3.8, 4) is 0 Å². The zero-order valence-corrected chi connectivity index (χ0v) is 9.23. The minimum absolute atomic E-state index is 0.319. The normalized spacial score (nSPS) is 16.4. The molecule has 0 aromatic heterocycles. The van der Waals surface area contributed by atoms with Crippen LogP contribution in [0.2, 0.25) is 0 Å². The highest BCUT2D eigenvalue weighted by molar-refractivity contribution is 7.89. The molecule has 0 aliphatic heterocycles. The van der Waals surface area contributed by atoms with E-state index in [4.69, 9.17) is 0 Å². The van der Waals surface area contributed by atoms with Gasteiger partial charge in [-0.1, -0.05) is 0 Å². The van der Waals surface area contributed by atoms with Gasteiger partial charge in [-0.25, -0.2) is 21.9 Å². The number of nitrogens with one attached hydrogen (secondary N) is 1. The van der Waals surface area contributed by atoms with E-state index in [0.29, 0.717) is 18.5 Å². The van der Waals surface area contributed by atoms with Crippen LogP contribution in [0, 0.1) is 17.6 Å². The predicted octanol–water partition coefficient (Wildman–Crippen LogP) is 1.65. The molecule has 0 heterocycles. The Morgan fingerprint density at radius 1 is 1.31 bits per heavy atom. The third-order valence-corrected chi connectivity index (χ3v) is 3.90. The van der Waals surface area contributed by atoms with Crippen molar-refractivity contribution < 1.29 is 17.2 Å². The zero-order valence-electron chi connectivity index (χ0n) is 8.41. The average molecular weight is 247 g/mol. The second-order valence-corrected chi connectivity index (χ2v) is 5.61.